The Morgan fingerprint density at radius 1 is 1.18 bits per heavy atom. The molecule has 174 valence electrons. The van der Waals surface area contributed by atoms with E-state index in [1.54, 1.807) is 24.9 Å². The Morgan fingerprint density at radius 3 is 2.58 bits per heavy atom. The van der Waals surface area contributed by atoms with Crippen LogP contribution in [-0.2, 0) is 11.3 Å². The molecule has 2 aromatic carbocycles. The Morgan fingerprint density at radius 2 is 1.91 bits per heavy atom. The van der Waals surface area contributed by atoms with Crippen LogP contribution in [0.5, 0.6) is 17.2 Å². The zero-order valence-electron chi connectivity index (χ0n) is 18.4. The molecule has 0 saturated heterocycles. The van der Waals surface area contributed by atoms with E-state index in [9.17, 15) is 4.79 Å². The molecule has 0 radical (unpaired) electrons. The zero-order valence-corrected chi connectivity index (χ0v) is 20.8. The molecular weight excluding hydrogens is 484 g/mol. The Labute approximate surface area is 205 Å². The largest absolute Gasteiger partial charge is 0.497 e. The number of halogens is 1. The number of hydrogen-bond acceptors (Lipinski definition) is 8. The molecule has 0 aliphatic carbocycles. The maximum Gasteiger partial charge on any atom is 0.357 e. The summed E-state index contributed by atoms with van der Waals surface area (Å²) in [6, 6.07) is 11.2. The molecule has 0 spiro atoms. The molecular formula is C23H23ClN2O5S2. The summed E-state index contributed by atoms with van der Waals surface area (Å²) in [6.45, 7) is 2.60. The van der Waals surface area contributed by atoms with E-state index in [-0.39, 0.29) is 6.79 Å². The number of rotatable bonds is 9. The molecule has 3 aromatic rings. The molecule has 1 aliphatic heterocycles. The molecule has 7 nitrogen and oxygen atoms in total. The minimum Gasteiger partial charge on any atom is -0.497 e. The molecule has 4 rings (SSSR count). The van der Waals surface area contributed by atoms with Gasteiger partial charge in [-0.3, -0.25) is 0 Å². The fraction of sp³-hybridized carbons (Fsp3) is 0.304. The number of thioether (sulfide) groups is 1. The number of fused-ring (bicyclic) bond motifs is 1. The van der Waals surface area contributed by atoms with Gasteiger partial charge in [-0.1, -0.05) is 42.0 Å². The maximum atomic E-state index is 12.9. The van der Waals surface area contributed by atoms with Crippen molar-refractivity contribution in [3.63, 3.8) is 0 Å². The van der Waals surface area contributed by atoms with Crippen molar-refractivity contribution in [3.05, 3.63) is 52.7 Å². The highest BCUT2D eigenvalue weighted by Crippen LogP contribution is 2.39. The van der Waals surface area contributed by atoms with Gasteiger partial charge < -0.3 is 23.5 Å². The quantitative estimate of drug-likeness (QED) is 0.268. The number of nitrogens with zero attached hydrogens (tertiary/aromatic N) is 2. The third-order valence-electron chi connectivity index (χ3n) is 4.86. The van der Waals surface area contributed by atoms with Gasteiger partial charge in [0.1, 0.15) is 10.8 Å². The number of methoxy groups -OCH3 is 2. The van der Waals surface area contributed by atoms with Gasteiger partial charge >= 0.3 is 5.97 Å². The van der Waals surface area contributed by atoms with Gasteiger partial charge in [0.05, 0.1) is 20.8 Å². The van der Waals surface area contributed by atoms with E-state index in [0.717, 1.165) is 33.5 Å². The van der Waals surface area contributed by atoms with Crippen LogP contribution in [-0.4, -0.2) is 42.3 Å². The van der Waals surface area contributed by atoms with Crippen LogP contribution in [0, 0.1) is 0 Å². The van der Waals surface area contributed by atoms with Crippen LogP contribution < -0.4 is 14.2 Å². The monoisotopic (exact) mass is 506 g/mol. The average molecular weight is 507 g/mol. The lowest BCUT2D eigenvalue weighted by molar-refractivity contribution is 0.0583. The van der Waals surface area contributed by atoms with Crippen molar-refractivity contribution < 1.29 is 23.7 Å². The molecule has 1 aliphatic rings. The molecule has 0 unspecified atom stereocenters. The number of aromatic nitrogens is 2. The summed E-state index contributed by atoms with van der Waals surface area (Å²) in [5.41, 5.74) is 1.17. The maximum absolute atomic E-state index is 12.9. The highest BCUT2D eigenvalue weighted by molar-refractivity contribution is 8.00. The summed E-state index contributed by atoms with van der Waals surface area (Å²) >= 11 is 9.53. The minimum absolute atomic E-state index is 0.161. The minimum atomic E-state index is -0.460. The predicted molar refractivity (Wildman–Crippen MR) is 128 cm³/mol. The summed E-state index contributed by atoms with van der Waals surface area (Å²) in [6.07, 6.45) is 0.969. The van der Waals surface area contributed by atoms with E-state index in [1.165, 1.54) is 18.9 Å². The second-order valence-corrected chi connectivity index (χ2v) is 9.58. The van der Waals surface area contributed by atoms with Crippen molar-refractivity contribution in [1.29, 1.82) is 0 Å². The number of carbonyl (C=O) groups excluding carboxylic acids is 1. The molecule has 0 atom stereocenters. The third kappa shape index (κ3) is 5.20. The number of imidazole rings is 1. The molecule has 0 amide bonds. The van der Waals surface area contributed by atoms with Crippen LogP contribution in [0.15, 0.2) is 51.5 Å². The molecule has 0 saturated carbocycles. The predicted octanol–water partition coefficient (Wildman–Crippen LogP) is 5.76. The Bertz CT molecular complexity index is 1150. The van der Waals surface area contributed by atoms with Crippen molar-refractivity contribution in [2.24, 2.45) is 0 Å². The molecule has 10 heteroatoms. The van der Waals surface area contributed by atoms with Crippen LogP contribution in [0.3, 0.4) is 0 Å². The molecule has 0 fully saturated rings. The summed E-state index contributed by atoms with van der Waals surface area (Å²) < 4.78 is 23.2. The summed E-state index contributed by atoms with van der Waals surface area (Å²) in [7, 11) is 2.99. The van der Waals surface area contributed by atoms with E-state index in [1.807, 2.05) is 34.9 Å². The van der Waals surface area contributed by atoms with E-state index in [4.69, 9.17) is 35.5 Å². The van der Waals surface area contributed by atoms with E-state index in [2.05, 4.69) is 6.92 Å². The lowest BCUT2D eigenvalue weighted by atomic mass is 10.2. The van der Waals surface area contributed by atoms with Crippen molar-refractivity contribution >= 4 is 41.1 Å². The smallest absolute Gasteiger partial charge is 0.357 e. The number of carbonyl (C=O) groups is 1. The van der Waals surface area contributed by atoms with Crippen LogP contribution >= 0.6 is 35.1 Å². The first-order chi connectivity index (χ1) is 16.0. The number of benzene rings is 2. The SMILES string of the molecule is CCCSc1nc(Sc2ccc(OC)cc2)c(C(=O)OC)n1Cc1cc2c(cc1Cl)OCO2. The van der Waals surface area contributed by atoms with E-state index < -0.39 is 5.97 Å². The van der Waals surface area contributed by atoms with Crippen molar-refractivity contribution in [3.8, 4) is 17.2 Å². The van der Waals surface area contributed by atoms with Crippen molar-refractivity contribution in [2.45, 2.75) is 35.0 Å². The number of hydrogen-bond donors (Lipinski definition) is 0. The van der Waals surface area contributed by atoms with Crippen molar-refractivity contribution in [1.82, 2.24) is 9.55 Å². The number of esters is 1. The van der Waals surface area contributed by atoms with Gasteiger partial charge in [0, 0.05) is 21.7 Å². The van der Waals surface area contributed by atoms with Gasteiger partial charge in [0.2, 0.25) is 6.79 Å². The van der Waals surface area contributed by atoms with Crippen LogP contribution in [0.2, 0.25) is 5.02 Å². The first kappa shape index (κ1) is 23.7. The average Bonchev–Trinajstić information content (AvgIpc) is 3.41. The van der Waals surface area contributed by atoms with E-state index in [0.29, 0.717) is 33.8 Å². The van der Waals surface area contributed by atoms with Gasteiger partial charge in [-0.25, -0.2) is 9.78 Å². The Hall–Kier alpha value is -2.49. The summed E-state index contributed by atoms with van der Waals surface area (Å²) in [5, 5.41) is 1.82. The van der Waals surface area contributed by atoms with Gasteiger partial charge in [-0.15, -0.1) is 0 Å². The topological polar surface area (TPSA) is 71.8 Å². The molecule has 0 N–H and O–H groups in total. The van der Waals surface area contributed by atoms with Gasteiger partial charge in [-0.2, -0.15) is 0 Å². The highest BCUT2D eigenvalue weighted by Gasteiger charge is 2.26. The van der Waals surface area contributed by atoms with Gasteiger partial charge in [0.25, 0.3) is 0 Å². The second-order valence-electron chi connectivity index (χ2n) is 7.05. The number of ether oxygens (including phenoxy) is 4. The zero-order chi connectivity index (χ0) is 23.4. The molecule has 33 heavy (non-hydrogen) atoms. The third-order valence-corrected chi connectivity index (χ3v) is 7.38. The second kappa shape index (κ2) is 10.6. The normalized spacial score (nSPS) is 12.1. The molecule has 1 aromatic heterocycles. The fourth-order valence-electron chi connectivity index (χ4n) is 3.23. The van der Waals surface area contributed by atoms with Crippen LogP contribution in [0.1, 0.15) is 29.4 Å². The standard InChI is InChI=1S/C23H23ClN2O5S2/c1-4-9-32-23-25-21(33-16-7-5-15(28-2)6-8-16)20(22(27)29-3)26(23)12-14-10-18-19(11-17(14)24)31-13-30-18/h5-8,10-11H,4,9,12-13H2,1-3H3. The Balaban J connectivity index is 1.75. The molecule has 2 heterocycles. The van der Waals surface area contributed by atoms with Gasteiger partial charge in [0.15, 0.2) is 22.3 Å². The van der Waals surface area contributed by atoms with Crippen molar-refractivity contribution in [2.75, 3.05) is 26.8 Å². The Kier molecular flexibility index (Phi) is 7.62. The lowest BCUT2D eigenvalue weighted by Crippen LogP contribution is -2.13. The van der Waals surface area contributed by atoms with Crippen LogP contribution in [0.4, 0.5) is 0 Å². The van der Waals surface area contributed by atoms with Gasteiger partial charge in [-0.05, 0) is 42.3 Å². The fourth-order valence-corrected chi connectivity index (χ4v) is 5.28. The summed E-state index contributed by atoms with van der Waals surface area (Å²) in [4.78, 5) is 18.6. The first-order valence-corrected chi connectivity index (χ1v) is 12.4. The first-order valence-electron chi connectivity index (χ1n) is 10.3. The summed E-state index contributed by atoms with van der Waals surface area (Å²) in [5.74, 6) is 2.40. The lowest BCUT2D eigenvalue weighted by Gasteiger charge is -2.13. The highest BCUT2D eigenvalue weighted by atomic mass is 35.5. The molecule has 0 bridgehead atoms. The van der Waals surface area contributed by atoms with Crippen LogP contribution in [0.25, 0.3) is 0 Å². The van der Waals surface area contributed by atoms with E-state index >= 15 is 0 Å².